The van der Waals surface area contributed by atoms with E-state index < -0.39 is 11.9 Å². The van der Waals surface area contributed by atoms with Crippen LogP contribution in [0.2, 0.25) is 0 Å². The molecule has 220 valence electrons. The number of anilines is 4. The Labute approximate surface area is 238 Å². The number of aromatic nitrogens is 6. The van der Waals surface area contributed by atoms with Gasteiger partial charge in [-0.2, -0.15) is 9.97 Å². The van der Waals surface area contributed by atoms with Gasteiger partial charge in [0.1, 0.15) is 16.9 Å². The first-order chi connectivity index (χ1) is 19.8. The Morgan fingerprint density at radius 2 is 1.56 bits per heavy atom. The number of halogens is 1. The topological polar surface area (TPSA) is 180 Å². The van der Waals surface area contributed by atoms with Crippen molar-refractivity contribution < 1.29 is 14.6 Å². The summed E-state index contributed by atoms with van der Waals surface area (Å²) in [7, 11) is 0. The third-order valence-corrected chi connectivity index (χ3v) is 6.97. The van der Waals surface area contributed by atoms with Crippen LogP contribution in [0.3, 0.4) is 0 Å². The molecule has 3 atom stereocenters. The molecule has 12 nitrogen and oxygen atoms in total. The first kappa shape index (κ1) is 30.0. The van der Waals surface area contributed by atoms with Gasteiger partial charge >= 0.3 is 0 Å². The van der Waals surface area contributed by atoms with E-state index in [0.717, 1.165) is 24.8 Å². The Bertz CT molecular complexity index is 1490. The van der Waals surface area contributed by atoms with Crippen molar-refractivity contribution in [1.82, 2.24) is 29.9 Å². The van der Waals surface area contributed by atoms with Gasteiger partial charge in [0.15, 0.2) is 11.6 Å². The fourth-order valence-corrected chi connectivity index (χ4v) is 4.64. The maximum Gasteiger partial charge on any atom is 0.225 e. The number of aliphatic hydroxyl groups is 2. The molecular formula is C28H39FN10O2. The summed E-state index contributed by atoms with van der Waals surface area (Å²) in [5, 5.41) is 30.0. The zero-order valence-corrected chi connectivity index (χ0v) is 23.9. The molecule has 0 spiro atoms. The van der Waals surface area contributed by atoms with Crippen LogP contribution in [-0.4, -0.2) is 71.5 Å². The Morgan fingerprint density at radius 3 is 2.24 bits per heavy atom. The van der Waals surface area contributed by atoms with Crippen LogP contribution in [0, 0.1) is 12.7 Å². The Morgan fingerprint density at radius 1 is 0.854 bits per heavy atom. The molecule has 0 saturated carbocycles. The molecule has 0 radical (unpaired) electrons. The molecule has 4 aromatic rings. The first-order valence-electron chi connectivity index (χ1n) is 14.1. The summed E-state index contributed by atoms with van der Waals surface area (Å²) in [6, 6.07) is 2.47. The van der Waals surface area contributed by atoms with Crippen molar-refractivity contribution in [3.8, 4) is 0 Å². The number of nitrogen functional groups attached to an aromatic ring is 1. The number of aliphatic hydroxyl groups excluding tert-OH is 2. The molecule has 0 aromatic carbocycles. The summed E-state index contributed by atoms with van der Waals surface area (Å²) < 4.78 is 14.4. The number of pyridine rings is 2. The quantitative estimate of drug-likeness (QED) is 0.131. The second kappa shape index (κ2) is 13.6. The number of nitrogens with zero attached hydrogens (tertiary/aromatic N) is 6. The normalized spacial score (nSPS) is 13.7. The van der Waals surface area contributed by atoms with Crippen molar-refractivity contribution in [2.24, 2.45) is 0 Å². The first-order valence-corrected chi connectivity index (χ1v) is 14.1. The average molecular weight is 567 g/mol. The number of nitrogens with one attached hydrogen (secondary N) is 3. The molecule has 0 fully saturated rings. The Balaban J connectivity index is 1.59. The van der Waals surface area contributed by atoms with Gasteiger partial charge in [0.05, 0.1) is 42.0 Å². The van der Waals surface area contributed by atoms with Crippen molar-refractivity contribution in [1.29, 1.82) is 0 Å². The summed E-state index contributed by atoms with van der Waals surface area (Å²) in [4.78, 5) is 26.7. The molecule has 41 heavy (non-hydrogen) atoms. The molecule has 0 aliphatic rings. The second-order valence-corrected chi connectivity index (χ2v) is 10.1. The van der Waals surface area contributed by atoms with Gasteiger partial charge in [-0.15, -0.1) is 0 Å². The Hall–Kier alpha value is -3.97. The fraction of sp³-hybridized carbons (Fsp3) is 0.500. The lowest BCUT2D eigenvalue weighted by molar-refractivity contribution is 0.264. The average Bonchev–Trinajstić information content (AvgIpc) is 2.96. The van der Waals surface area contributed by atoms with E-state index in [1.165, 1.54) is 6.07 Å². The standard InChI is InChI=1S/C28H39FN10O2/c1-5-8-18(13-40)33-26-24-22(11-20(29)15(4)32-24)37-28(39-26)35-17(7-3)10-19(14-41)34-25-23-21(36-27(30)38-25)9-16(6-2)12-31-23/h9,11-12,17-19,40-41H,5-8,10,13-14H2,1-4H3,(H3,30,34,36,38)(H2,33,35,37,39)/t17?,18-,19+/m0/s1. The van der Waals surface area contributed by atoms with Crippen molar-refractivity contribution in [2.75, 3.05) is 34.9 Å². The number of hydrogen-bond acceptors (Lipinski definition) is 12. The zero-order valence-electron chi connectivity index (χ0n) is 23.9. The van der Waals surface area contributed by atoms with Crippen LogP contribution >= 0.6 is 0 Å². The fourth-order valence-electron chi connectivity index (χ4n) is 4.64. The lowest BCUT2D eigenvalue weighted by Crippen LogP contribution is -2.33. The minimum atomic E-state index is -0.465. The molecule has 4 aromatic heterocycles. The molecule has 0 amide bonds. The van der Waals surface area contributed by atoms with E-state index in [9.17, 15) is 14.6 Å². The maximum atomic E-state index is 14.4. The van der Waals surface area contributed by atoms with E-state index in [-0.39, 0.29) is 42.9 Å². The largest absolute Gasteiger partial charge is 0.394 e. The lowest BCUT2D eigenvalue weighted by atomic mass is 10.1. The molecule has 0 bridgehead atoms. The number of aryl methyl sites for hydroxylation is 2. The van der Waals surface area contributed by atoms with Crippen LogP contribution in [0.25, 0.3) is 22.1 Å². The van der Waals surface area contributed by atoms with Gasteiger partial charge in [0, 0.05) is 18.3 Å². The van der Waals surface area contributed by atoms with Gasteiger partial charge in [-0.25, -0.2) is 19.3 Å². The highest BCUT2D eigenvalue weighted by Crippen LogP contribution is 2.25. The highest BCUT2D eigenvalue weighted by molar-refractivity contribution is 5.87. The van der Waals surface area contributed by atoms with Crippen LogP contribution in [-0.2, 0) is 6.42 Å². The van der Waals surface area contributed by atoms with Gasteiger partial charge in [-0.3, -0.25) is 4.98 Å². The van der Waals surface area contributed by atoms with Crippen LogP contribution in [0.4, 0.5) is 27.9 Å². The minimum absolute atomic E-state index is 0.0828. The van der Waals surface area contributed by atoms with Gasteiger partial charge < -0.3 is 31.9 Å². The number of hydrogen-bond donors (Lipinski definition) is 6. The summed E-state index contributed by atoms with van der Waals surface area (Å²) >= 11 is 0. The lowest BCUT2D eigenvalue weighted by Gasteiger charge is -2.25. The predicted octanol–water partition coefficient (Wildman–Crippen LogP) is 3.58. The van der Waals surface area contributed by atoms with Gasteiger partial charge in [0.25, 0.3) is 0 Å². The Kier molecular flexibility index (Phi) is 9.95. The number of rotatable bonds is 14. The summed E-state index contributed by atoms with van der Waals surface area (Å²) in [5.41, 5.74) is 9.21. The number of nitrogens with two attached hydrogens (primary N) is 1. The van der Waals surface area contributed by atoms with E-state index >= 15 is 0 Å². The zero-order chi connectivity index (χ0) is 29.5. The van der Waals surface area contributed by atoms with E-state index in [4.69, 9.17) is 5.73 Å². The highest BCUT2D eigenvalue weighted by atomic mass is 19.1. The third kappa shape index (κ3) is 7.22. The van der Waals surface area contributed by atoms with E-state index in [1.807, 2.05) is 26.8 Å². The maximum absolute atomic E-state index is 14.4. The number of fused-ring (bicyclic) bond motifs is 2. The van der Waals surface area contributed by atoms with Crippen molar-refractivity contribution in [3.63, 3.8) is 0 Å². The molecule has 1 unspecified atom stereocenters. The summed E-state index contributed by atoms with van der Waals surface area (Å²) in [5.74, 6) is 0.794. The third-order valence-electron chi connectivity index (χ3n) is 6.97. The van der Waals surface area contributed by atoms with E-state index in [0.29, 0.717) is 46.5 Å². The smallest absolute Gasteiger partial charge is 0.225 e. The summed E-state index contributed by atoms with van der Waals surface area (Å²) in [6.45, 7) is 7.40. The van der Waals surface area contributed by atoms with Crippen molar-refractivity contribution in [2.45, 2.75) is 77.9 Å². The predicted molar refractivity (Wildman–Crippen MR) is 159 cm³/mol. The van der Waals surface area contributed by atoms with Crippen LogP contribution < -0.4 is 21.7 Å². The van der Waals surface area contributed by atoms with Crippen LogP contribution in [0.15, 0.2) is 18.3 Å². The molecule has 0 saturated heterocycles. The van der Waals surface area contributed by atoms with Crippen molar-refractivity contribution >= 4 is 45.6 Å². The molecule has 0 aliphatic carbocycles. The molecule has 13 heteroatoms. The monoisotopic (exact) mass is 566 g/mol. The molecule has 4 rings (SSSR count). The van der Waals surface area contributed by atoms with E-state index in [2.05, 4.69) is 45.9 Å². The van der Waals surface area contributed by atoms with Crippen LogP contribution in [0.5, 0.6) is 0 Å². The van der Waals surface area contributed by atoms with Crippen molar-refractivity contribution in [3.05, 3.63) is 35.4 Å². The molecular weight excluding hydrogens is 527 g/mol. The molecule has 0 aliphatic heterocycles. The second-order valence-electron chi connectivity index (χ2n) is 10.1. The summed E-state index contributed by atoms with van der Waals surface area (Å²) in [6.07, 6.45) is 5.34. The van der Waals surface area contributed by atoms with Gasteiger partial charge in [0.2, 0.25) is 11.9 Å². The molecule has 7 N–H and O–H groups in total. The van der Waals surface area contributed by atoms with Gasteiger partial charge in [-0.05, 0) is 44.2 Å². The molecule has 4 heterocycles. The van der Waals surface area contributed by atoms with E-state index in [1.54, 1.807) is 13.1 Å². The minimum Gasteiger partial charge on any atom is -0.394 e. The van der Waals surface area contributed by atoms with Crippen LogP contribution in [0.1, 0.15) is 57.7 Å². The highest BCUT2D eigenvalue weighted by Gasteiger charge is 2.21. The SMILES string of the molecule is CCC[C@@H](CO)Nc1nc(NC(CC)C[C@H](CO)Nc2nc(N)nc3cc(CC)cnc23)nc2cc(F)c(C)nc12. The van der Waals surface area contributed by atoms with Gasteiger partial charge in [-0.1, -0.05) is 27.2 Å².